The van der Waals surface area contributed by atoms with Gasteiger partial charge in [-0.25, -0.2) is 0 Å². The Balaban J connectivity index is 1.91. The number of aryl methyl sites for hydroxylation is 1. The van der Waals surface area contributed by atoms with Crippen molar-refractivity contribution < 1.29 is 13.9 Å². The summed E-state index contributed by atoms with van der Waals surface area (Å²) in [7, 11) is 1.58. The van der Waals surface area contributed by atoms with Crippen LogP contribution in [0.15, 0.2) is 41.0 Å². The van der Waals surface area contributed by atoms with Crippen molar-refractivity contribution in [2.24, 2.45) is 0 Å². The molecule has 1 aromatic heterocycles. The minimum Gasteiger partial charge on any atom is -0.495 e. The third-order valence-electron chi connectivity index (χ3n) is 3.17. The molecule has 0 unspecified atom stereocenters. The maximum atomic E-state index is 12.0. The van der Waals surface area contributed by atoms with Crippen LogP contribution in [0.5, 0.6) is 5.75 Å². The lowest BCUT2D eigenvalue weighted by atomic mass is 10.2. The van der Waals surface area contributed by atoms with Crippen molar-refractivity contribution in [2.75, 3.05) is 19.0 Å². The first-order chi connectivity index (χ1) is 10.1. The van der Waals surface area contributed by atoms with Gasteiger partial charge in [0.25, 0.3) is 0 Å². The highest BCUT2D eigenvalue weighted by Gasteiger charge is 2.11. The Bertz CT molecular complexity index is 594. The molecule has 5 nitrogen and oxygen atoms in total. The summed E-state index contributed by atoms with van der Waals surface area (Å²) in [5.41, 5.74) is 1.73. The van der Waals surface area contributed by atoms with Crippen molar-refractivity contribution in [3.8, 4) is 5.75 Å². The molecule has 1 aromatic carbocycles. The Labute approximate surface area is 124 Å². The second-order valence-electron chi connectivity index (χ2n) is 4.87. The zero-order valence-electron chi connectivity index (χ0n) is 12.5. The van der Waals surface area contributed by atoms with Crippen LogP contribution in [0, 0.1) is 6.92 Å². The van der Waals surface area contributed by atoms with E-state index < -0.39 is 0 Å². The normalized spacial score (nSPS) is 12.0. The molecule has 0 bridgehead atoms. The van der Waals surface area contributed by atoms with Crippen LogP contribution >= 0.6 is 0 Å². The molecule has 5 heteroatoms. The predicted molar refractivity (Wildman–Crippen MR) is 81.5 cm³/mol. The number of nitrogens with one attached hydrogen (secondary N) is 2. The fraction of sp³-hybridized carbons (Fsp3) is 0.312. The number of methoxy groups -OCH3 is 1. The fourth-order valence-electron chi connectivity index (χ4n) is 2.00. The van der Waals surface area contributed by atoms with Gasteiger partial charge in [-0.2, -0.15) is 0 Å². The zero-order chi connectivity index (χ0) is 15.2. The molecule has 0 aliphatic heterocycles. The third-order valence-corrected chi connectivity index (χ3v) is 3.17. The number of furan rings is 1. The minimum absolute atomic E-state index is 0.0230. The molecule has 112 valence electrons. The van der Waals surface area contributed by atoms with Crippen LogP contribution in [0.4, 0.5) is 5.69 Å². The molecule has 0 fully saturated rings. The van der Waals surface area contributed by atoms with Crippen LogP contribution in [0.2, 0.25) is 0 Å². The largest absolute Gasteiger partial charge is 0.495 e. The zero-order valence-corrected chi connectivity index (χ0v) is 12.5. The second kappa shape index (κ2) is 6.95. The lowest BCUT2D eigenvalue weighted by Gasteiger charge is -2.13. The topological polar surface area (TPSA) is 63.5 Å². The number of rotatable bonds is 6. The molecule has 0 saturated carbocycles. The lowest BCUT2D eigenvalue weighted by Crippen LogP contribution is -2.30. The molecule has 0 aliphatic rings. The van der Waals surface area contributed by atoms with Gasteiger partial charge in [-0.3, -0.25) is 10.1 Å². The van der Waals surface area contributed by atoms with E-state index in [4.69, 9.17) is 9.15 Å². The van der Waals surface area contributed by atoms with Crippen LogP contribution in [-0.4, -0.2) is 19.6 Å². The summed E-state index contributed by atoms with van der Waals surface area (Å²) in [6.07, 6.45) is 1.62. The van der Waals surface area contributed by atoms with Gasteiger partial charge in [0.15, 0.2) is 0 Å². The van der Waals surface area contributed by atoms with E-state index in [9.17, 15) is 4.79 Å². The average molecular weight is 288 g/mol. The first-order valence-electron chi connectivity index (χ1n) is 6.81. The number of carbonyl (C=O) groups excluding carboxylic acids is 1. The maximum absolute atomic E-state index is 12.0. The average Bonchev–Trinajstić information content (AvgIpc) is 2.99. The van der Waals surface area contributed by atoms with Crippen molar-refractivity contribution >= 4 is 11.6 Å². The molecule has 2 N–H and O–H groups in total. The Hall–Kier alpha value is -2.27. The number of carbonyl (C=O) groups is 1. The van der Waals surface area contributed by atoms with Gasteiger partial charge in [-0.15, -0.1) is 0 Å². The van der Waals surface area contributed by atoms with E-state index in [0.717, 1.165) is 11.3 Å². The van der Waals surface area contributed by atoms with Crippen molar-refractivity contribution in [1.29, 1.82) is 0 Å². The van der Waals surface area contributed by atoms with E-state index >= 15 is 0 Å². The van der Waals surface area contributed by atoms with E-state index in [0.29, 0.717) is 11.4 Å². The van der Waals surface area contributed by atoms with Crippen molar-refractivity contribution in [1.82, 2.24) is 5.32 Å². The lowest BCUT2D eigenvalue weighted by molar-refractivity contribution is -0.115. The van der Waals surface area contributed by atoms with Gasteiger partial charge < -0.3 is 14.5 Å². The predicted octanol–water partition coefficient (Wildman–Crippen LogP) is 2.89. The Kier molecular flexibility index (Phi) is 5.00. The van der Waals surface area contributed by atoms with Gasteiger partial charge in [0.1, 0.15) is 11.5 Å². The summed E-state index contributed by atoms with van der Waals surface area (Å²) in [5.74, 6) is 1.32. The molecule has 0 radical (unpaired) electrons. The molecule has 1 atom stereocenters. The van der Waals surface area contributed by atoms with Crippen LogP contribution in [-0.2, 0) is 4.79 Å². The molecule has 2 rings (SSSR count). The standard InChI is InChI=1S/C16H20N2O3/c1-11-6-7-15(20-3)13(9-11)18-16(19)10-17-12(2)14-5-4-8-21-14/h4-9,12,17H,10H2,1-3H3,(H,18,19)/t12-/m1/s1. The number of hydrogen-bond donors (Lipinski definition) is 2. The highest BCUT2D eigenvalue weighted by molar-refractivity contribution is 5.93. The van der Waals surface area contributed by atoms with E-state index in [1.165, 1.54) is 0 Å². The number of amides is 1. The second-order valence-corrected chi connectivity index (χ2v) is 4.87. The Morgan fingerprint density at radius 2 is 2.19 bits per heavy atom. The molecular weight excluding hydrogens is 268 g/mol. The van der Waals surface area contributed by atoms with E-state index in [1.807, 2.05) is 44.2 Å². The highest BCUT2D eigenvalue weighted by atomic mass is 16.5. The molecule has 1 heterocycles. The van der Waals surface area contributed by atoms with Crippen LogP contribution in [0.1, 0.15) is 24.3 Å². The molecule has 2 aromatic rings. The highest BCUT2D eigenvalue weighted by Crippen LogP contribution is 2.25. The fourth-order valence-corrected chi connectivity index (χ4v) is 2.00. The van der Waals surface area contributed by atoms with E-state index in [1.54, 1.807) is 13.4 Å². The number of ether oxygens (including phenoxy) is 1. The molecule has 0 saturated heterocycles. The van der Waals surface area contributed by atoms with Crippen LogP contribution < -0.4 is 15.4 Å². The molecular formula is C16H20N2O3. The van der Waals surface area contributed by atoms with Crippen molar-refractivity contribution in [2.45, 2.75) is 19.9 Å². The Morgan fingerprint density at radius 1 is 1.38 bits per heavy atom. The van der Waals surface area contributed by atoms with Gasteiger partial charge in [0.05, 0.1) is 31.6 Å². The molecule has 21 heavy (non-hydrogen) atoms. The summed E-state index contributed by atoms with van der Waals surface area (Å²) in [6.45, 7) is 4.10. The summed E-state index contributed by atoms with van der Waals surface area (Å²) >= 11 is 0. The van der Waals surface area contributed by atoms with Gasteiger partial charge in [0, 0.05) is 0 Å². The number of hydrogen-bond acceptors (Lipinski definition) is 4. The Morgan fingerprint density at radius 3 is 2.86 bits per heavy atom. The minimum atomic E-state index is -0.127. The number of benzene rings is 1. The smallest absolute Gasteiger partial charge is 0.238 e. The van der Waals surface area contributed by atoms with Crippen molar-refractivity contribution in [3.63, 3.8) is 0 Å². The molecule has 0 spiro atoms. The summed E-state index contributed by atoms with van der Waals surface area (Å²) in [5, 5.41) is 5.96. The summed E-state index contributed by atoms with van der Waals surface area (Å²) < 4.78 is 10.5. The third kappa shape index (κ3) is 4.10. The van der Waals surface area contributed by atoms with Gasteiger partial charge in [-0.05, 0) is 43.7 Å². The summed E-state index contributed by atoms with van der Waals surface area (Å²) in [4.78, 5) is 12.0. The number of anilines is 1. The van der Waals surface area contributed by atoms with Gasteiger partial charge >= 0.3 is 0 Å². The van der Waals surface area contributed by atoms with Gasteiger partial charge in [-0.1, -0.05) is 6.07 Å². The molecule has 0 aliphatic carbocycles. The first-order valence-corrected chi connectivity index (χ1v) is 6.81. The van der Waals surface area contributed by atoms with Crippen molar-refractivity contribution in [3.05, 3.63) is 47.9 Å². The van der Waals surface area contributed by atoms with Crippen LogP contribution in [0.25, 0.3) is 0 Å². The monoisotopic (exact) mass is 288 g/mol. The molecule has 1 amide bonds. The maximum Gasteiger partial charge on any atom is 0.238 e. The quantitative estimate of drug-likeness (QED) is 0.858. The SMILES string of the molecule is COc1ccc(C)cc1NC(=O)CN[C@H](C)c1ccco1. The van der Waals surface area contributed by atoms with Gasteiger partial charge in [0.2, 0.25) is 5.91 Å². The summed E-state index contributed by atoms with van der Waals surface area (Å²) in [6, 6.07) is 9.33. The van der Waals surface area contributed by atoms with E-state index in [2.05, 4.69) is 10.6 Å². The van der Waals surface area contributed by atoms with E-state index in [-0.39, 0.29) is 18.5 Å². The first kappa shape index (κ1) is 15.1. The van der Waals surface area contributed by atoms with Crippen LogP contribution in [0.3, 0.4) is 0 Å².